The van der Waals surface area contributed by atoms with Crippen molar-refractivity contribution in [2.24, 2.45) is 0 Å². The van der Waals surface area contributed by atoms with Crippen LogP contribution in [0.25, 0.3) is 5.69 Å². The summed E-state index contributed by atoms with van der Waals surface area (Å²) >= 11 is 5.37. The van der Waals surface area contributed by atoms with Crippen LogP contribution < -0.4 is 10.6 Å². The number of benzene rings is 1. The van der Waals surface area contributed by atoms with Crippen molar-refractivity contribution in [2.75, 3.05) is 0 Å². The molecule has 1 amide bonds. The largest absolute Gasteiger partial charge is 0.348 e. The fourth-order valence-electron chi connectivity index (χ4n) is 4.05. The first-order chi connectivity index (χ1) is 11.7. The average molecular weight is 359 g/mol. The Morgan fingerprint density at radius 3 is 2.36 bits per heavy atom. The summed E-state index contributed by atoms with van der Waals surface area (Å²) < 4.78 is 2.30. The second-order valence-corrected chi connectivity index (χ2v) is 8.51. The molecule has 0 unspecified atom stereocenters. The maximum absolute atomic E-state index is 12.9. The van der Waals surface area contributed by atoms with Gasteiger partial charge >= 0.3 is 0 Å². The van der Waals surface area contributed by atoms with E-state index in [-0.39, 0.29) is 23.0 Å². The Hall–Kier alpha value is -1.92. The second kappa shape index (κ2) is 6.42. The minimum atomic E-state index is -0.102. The Balaban J connectivity index is 1.85. The third kappa shape index (κ3) is 4.02. The van der Waals surface area contributed by atoms with Gasteiger partial charge in [0.25, 0.3) is 5.91 Å². The first kappa shape index (κ1) is 17.9. The monoisotopic (exact) mass is 358 g/mol. The van der Waals surface area contributed by atoms with Gasteiger partial charge in [0.05, 0.1) is 0 Å². The molecule has 6 heteroatoms. The molecule has 0 aliphatic carbocycles. The number of H-pyrrole nitrogens is 1. The highest BCUT2D eigenvalue weighted by Gasteiger charge is 2.38. The number of piperidine rings is 1. The van der Waals surface area contributed by atoms with E-state index in [1.165, 1.54) is 0 Å². The molecule has 3 rings (SSSR count). The molecule has 2 aromatic rings. The molecular formula is C19H26N4OS. The molecule has 134 valence electrons. The van der Waals surface area contributed by atoms with Crippen LogP contribution in [0, 0.1) is 4.77 Å². The van der Waals surface area contributed by atoms with Crippen LogP contribution >= 0.6 is 12.2 Å². The molecule has 3 N–H and O–H groups in total. The first-order valence-corrected chi connectivity index (χ1v) is 9.04. The number of nitrogens with zero attached hydrogens (tertiary/aromatic N) is 1. The van der Waals surface area contributed by atoms with Crippen LogP contribution in [0.2, 0.25) is 0 Å². The third-order valence-corrected chi connectivity index (χ3v) is 4.85. The van der Waals surface area contributed by atoms with Gasteiger partial charge in [0.15, 0.2) is 4.77 Å². The standard InChI is InChI=1S/C19H26N4OS/c1-18(2)10-13(11-19(3,4)22-18)21-16(24)15-12-20-17(25)23(15)14-8-6-5-7-9-14/h5-9,12-13,22H,10-11H2,1-4H3,(H,20,25)(H,21,24). The van der Waals surface area contributed by atoms with E-state index in [4.69, 9.17) is 12.2 Å². The number of para-hydroxylation sites is 1. The average Bonchev–Trinajstić information content (AvgIpc) is 2.86. The highest BCUT2D eigenvalue weighted by molar-refractivity contribution is 7.71. The Bertz CT molecular complexity index is 803. The maximum Gasteiger partial charge on any atom is 0.270 e. The zero-order valence-electron chi connectivity index (χ0n) is 15.2. The van der Waals surface area contributed by atoms with E-state index >= 15 is 0 Å². The smallest absolute Gasteiger partial charge is 0.270 e. The fourth-order valence-corrected chi connectivity index (χ4v) is 4.32. The first-order valence-electron chi connectivity index (χ1n) is 8.63. The molecule has 2 heterocycles. The number of rotatable bonds is 3. The Morgan fingerprint density at radius 1 is 1.16 bits per heavy atom. The van der Waals surface area contributed by atoms with Crippen LogP contribution in [0.4, 0.5) is 0 Å². The zero-order chi connectivity index (χ0) is 18.2. The van der Waals surface area contributed by atoms with Gasteiger partial charge in [-0.15, -0.1) is 0 Å². The molecular weight excluding hydrogens is 332 g/mol. The van der Waals surface area contributed by atoms with E-state index in [2.05, 4.69) is 43.3 Å². The molecule has 0 atom stereocenters. The quantitative estimate of drug-likeness (QED) is 0.735. The summed E-state index contributed by atoms with van der Waals surface area (Å²) in [5, 5.41) is 6.84. The molecule has 1 saturated heterocycles. The lowest BCUT2D eigenvalue weighted by molar-refractivity contribution is 0.0866. The molecule has 0 saturated carbocycles. The molecule has 25 heavy (non-hydrogen) atoms. The lowest BCUT2D eigenvalue weighted by Crippen LogP contribution is -2.62. The van der Waals surface area contributed by atoms with Gasteiger partial charge in [-0.3, -0.25) is 9.36 Å². The van der Waals surface area contributed by atoms with Gasteiger partial charge < -0.3 is 15.6 Å². The SMILES string of the molecule is CC1(C)CC(NC(=O)c2c[nH]c(=S)n2-c2ccccc2)CC(C)(C)N1. The molecule has 5 nitrogen and oxygen atoms in total. The van der Waals surface area contributed by atoms with Gasteiger partial charge in [0.2, 0.25) is 0 Å². The van der Waals surface area contributed by atoms with Crippen molar-refractivity contribution < 1.29 is 4.79 Å². The summed E-state index contributed by atoms with van der Waals surface area (Å²) in [6, 6.07) is 9.81. The van der Waals surface area contributed by atoms with Crippen molar-refractivity contribution in [2.45, 2.75) is 57.7 Å². The van der Waals surface area contributed by atoms with Gasteiger partial charge in [0.1, 0.15) is 5.69 Å². The van der Waals surface area contributed by atoms with Crippen molar-refractivity contribution in [1.82, 2.24) is 20.2 Å². The van der Waals surface area contributed by atoms with E-state index in [9.17, 15) is 4.79 Å². The fraction of sp³-hybridized carbons (Fsp3) is 0.474. The molecule has 0 radical (unpaired) electrons. The highest BCUT2D eigenvalue weighted by Crippen LogP contribution is 2.28. The maximum atomic E-state index is 12.9. The lowest BCUT2D eigenvalue weighted by Gasteiger charge is -2.46. The molecule has 1 aliphatic rings. The minimum Gasteiger partial charge on any atom is -0.348 e. The van der Waals surface area contributed by atoms with E-state index in [0.29, 0.717) is 10.5 Å². The van der Waals surface area contributed by atoms with Gasteiger partial charge in [-0.05, 0) is 64.9 Å². The molecule has 0 bridgehead atoms. The van der Waals surface area contributed by atoms with Gasteiger partial charge in [-0.2, -0.15) is 0 Å². The van der Waals surface area contributed by atoms with Gasteiger partial charge in [-0.25, -0.2) is 0 Å². The third-order valence-electron chi connectivity index (χ3n) is 4.55. The van der Waals surface area contributed by atoms with E-state index < -0.39 is 0 Å². The van der Waals surface area contributed by atoms with Crippen molar-refractivity contribution in [3.63, 3.8) is 0 Å². The number of hydrogen-bond donors (Lipinski definition) is 3. The van der Waals surface area contributed by atoms with E-state index in [1.54, 1.807) is 10.8 Å². The highest BCUT2D eigenvalue weighted by atomic mass is 32.1. The van der Waals surface area contributed by atoms with Gasteiger partial charge in [0, 0.05) is 29.0 Å². The topological polar surface area (TPSA) is 61.9 Å². The van der Waals surface area contributed by atoms with Crippen molar-refractivity contribution in [3.8, 4) is 5.69 Å². The number of nitrogens with one attached hydrogen (secondary N) is 3. The Morgan fingerprint density at radius 2 is 1.76 bits per heavy atom. The van der Waals surface area contributed by atoms with Crippen LogP contribution in [0.1, 0.15) is 51.0 Å². The number of carbonyl (C=O) groups is 1. The summed E-state index contributed by atoms with van der Waals surface area (Å²) in [6.07, 6.45) is 3.46. The van der Waals surface area contributed by atoms with Crippen LogP contribution in [-0.2, 0) is 0 Å². The number of amides is 1. The molecule has 1 aromatic carbocycles. The summed E-state index contributed by atoms with van der Waals surface area (Å²) in [7, 11) is 0. The Labute approximate surface area is 153 Å². The van der Waals surface area contributed by atoms with Crippen LogP contribution in [-0.4, -0.2) is 32.6 Å². The number of aromatic nitrogens is 2. The van der Waals surface area contributed by atoms with Crippen LogP contribution in [0.3, 0.4) is 0 Å². The van der Waals surface area contributed by atoms with Crippen molar-refractivity contribution in [1.29, 1.82) is 0 Å². The number of imidazole rings is 1. The predicted octanol–water partition coefficient (Wildman–Crippen LogP) is 3.57. The van der Waals surface area contributed by atoms with Crippen molar-refractivity contribution in [3.05, 3.63) is 47.0 Å². The predicted molar refractivity (Wildman–Crippen MR) is 103 cm³/mol. The number of aromatic amines is 1. The molecule has 0 spiro atoms. The molecule has 1 aromatic heterocycles. The van der Waals surface area contributed by atoms with Crippen molar-refractivity contribution >= 4 is 18.1 Å². The van der Waals surface area contributed by atoms with E-state index in [0.717, 1.165) is 18.5 Å². The molecule has 1 aliphatic heterocycles. The number of hydrogen-bond acceptors (Lipinski definition) is 3. The summed E-state index contributed by atoms with van der Waals surface area (Å²) in [5.41, 5.74) is 1.38. The summed E-state index contributed by atoms with van der Waals surface area (Å²) in [5.74, 6) is -0.102. The Kier molecular flexibility index (Phi) is 4.60. The summed E-state index contributed by atoms with van der Waals surface area (Å²) in [4.78, 5) is 15.9. The van der Waals surface area contributed by atoms with Crippen LogP contribution in [0.15, 0.2) is 36.5 Å². The van der Waals surface area contributed by atoms with Gasteiger partial charge in [-0.1, -0.05) is 18.2 Å². The van der Waals surface area contributed by atoms with Crippen LogP contribution in [0.5, 0.6) is 0 Å². The second-order valence-electron chi connectivity index (χ2n) is 8.12. The zero-order valence-corrected chi connectivity index (χ0v) is 16.0. The summed E-state index contributed by atoms with van der Waals surface area (Å²) in [6.45, 7) is 8.70. The normalized spacial score (nSPS) is 19.5. The minimum absolute atomic E-state index is 0.0174. The van der Waals surface area contributed by atoms with E-state index in [1.807, 2.05) is 30.3 Å². The molecule has 1 fully saturated rings. The number of carbonyl (C=O) groups excluding carboxylic acids is 1. The lowest BCUT2D eigenvalue weighted by atomic mass is 9.79.